The lowest BCUT2D eigenvalue weighted by Crippen LogP contribution is -2.30. The van der Waals surface area contributed by atoms with Crippen LogP contribution in [0.1, 0.15) is 17.5 Å². The summed E-state index contributed by atoms with van der Waals surface area (Å²) in [6.07, 6.45) is 1.40. The third kappa shape index (κ3) is 1.75. The Bertz CT molecular complexity index is 387. The molecule has 0 fully saturated rings. The maximum absolute atomic E-state index is 11.8. The zero-order valence-corrected chi connectivity index (χ0v) is 8.99. The molecule has 1 aliphatic heterocycles. The molecule has 1 amide bonds. The molecule has 0 spiro atoms. The van der Waals surface area contributed by atoms with Gasteiger partial charge < -0.3 is 10.6 Å². The Morgan fingerprint density at radius 2 is 2.33 bits per heavy atom. The number of carbonyl (C=O) groups excluding carboxylic acids is 1. The first kappa shape index (κ1) is 10.2. The van der Waals surface area contributed by atoms with E-state index < -0.39 is 0 Å². The molecule has 2 rings (SSSR count). The van der Waals surface area contributed by atoms with Crippen molar-refractivity contribution >= 4 is 11.6 Å². The van der Waals surface area contributed by atoms with Crippen molar-refractivity contribution < 1.29 is 4.79 Å². The fourth-order valence-electron chi connectivity index (χ4n) is 2.16. The zero-order valence-electron chi connectivity index (χ0n) is 8.99. The number of carbonyl (C=O) groups is 1. The number of rotatable bonds is 2. The predicted molar refractivity (Wildman–Crippen MR) is 60.9 cm³/mol. The topological polar surface area (TPSA) is 46.3 Å². The average Bonchev–Trinajstić information content (AvgIpc) is 2.63. The Hall–Kier alpha value is -1.35. The van der Waals surface area contributed by atoms with Crippen LogP contribution in [0.3, 0.4) is 0 Å². The molecule has 0 saturated heterocycles. The molecule has 1 aromatic carbocycles. The van der Waals surface area contributed by atoms with Crippen LogP contribution in [0.4, 0.5) is 5.69 Å². The molecular formula is C12H16N2O. The fourth-order valence-corrected chi connectivity index (χ4v) is 2.16. The molecule has 0 aliphatic carbocycles. The quantitative estimate of drug-likeness (QED) is 0.787. The maximum atomic E-state index is 11.8. The van der Waals surface area contributed by atoms with Gasteiger partial charge in [-0.3, -0.25) is 4.79 Å². The van der Waals surface area contributed by atoms with Gasteiger partial charge in [0.1, 0.15) is 0 Å². The summed E-state index contributed by atoms with van der Waals surface area (Å²) in [7, 11) is 0. The monoisotopic (exact) mass is 204 g/mol. The van der Waals surface area contributed by atoms with E-state index in [-0.39, 0.29) is 5.91 Å². The van der Waals surface area contributed by atoms with Gasteiger partial charge in [0.2, 0.25) is 5.91 Å². The molecule has 80 valence electrons. The van der Waals surface area contributed by atoms with Crippen molar-refractivity contribution in [1.29, 1.82) is 0 Å². The number of aryl methyl sites for hydroxylation is 1. The van der Waals surface area contributed by atoms with E-state index in [1.165, 1.54) is 11.1 Å². The first-order chi connectivity index (χ1) is 7.24. The number of nitrogens with two attached hydrogens (primary N) is 1. The Labute approximate surface area is 89.9 Å². The molecule has 1 heterocycles. The summed E-state index contributed by atoms with van der Waals surface area (Å²) in [5.74, 6) is 0.144. The van der Waals surface area contributed by atoms with Crippen LogP contribution in [0, 0.1) is 6.92 Å². The van der Waals surface area contributed by atoms with Gasteiger partial charge >= 0.3 is 0 Å². The number of para-hydroxylation sites is 1. The molecule has 15 heavy (non-hydrogen) atoms. The second-order valence-corrected chi connectivity index (χ2v) is 3.92. The van der Waals surface area contributed by atoms with Crippen LogP contribution in [0.15, 0.2) is 18.2 Å². The maximum Gasteiger partial charge on any atom is 0.228 e. The number of hydrogen-bond acceptors (Lipinski definition) is 2. The molecule has 0 atom stereocenters. The first-order valence-electron chi connectivity index (χ1n) is 5.33. The molecule has 3 nitrogen and oxygen atoms in total. The number of hydrogen-bond donors (Lipinski definition) is 1. The summed E-state index contributed by atoms with van der Waals surface area (Å²) in [4.78, 5) is 13.7. The third-order valence-electron chi connectivity index (χ3n) is 2.86. The molecule has 0 radical (unpaired) electrons. The fraction of sp³-hybridized carbons (Fsp3) is 0.417. The molecular weight excluding hydrogens is 188 g/mol. The van der Waals surface area contributed by atoms with Crippen LogP contribution in [-0.2, 0) is 11.2 Å². The van der Waals surface area contributed by atoms with Crippen LogP contribution in [0.25, 0.3) is 0 Å². The van der Waals surface area contributed by atoms with Crippen molar-refractivity contribution in [3.8, 4) is 0 Å². The van der Waals surface area contributed by atoms with Gasteiger partial charge in [-0.2, -0.15) is 0 Å². The lowest BCUT2D eigenvalue weighted by Gasteiger charge is -2.18. The molecule has 0 saturated carbocycles. The number of anilines is 1. The summed E-state index contributed by atoms with van der Waals surface area (Å²) in [5, 5.41) is 0. The van der Waals surface area contributed by atoms with E-state index >= 15 is 0 Å². The van der Waals surface area contributed by atoms with Crippen molar-refractivity contribution in [3.63, 3.8) is 0 Å². The van der Waals surface area contributed by atoms with E-state index in [0.717, 1.165) is 18.7 Å². The van der Waals surface area contributed by atoms with Crippen LogP contribution < -0.4 is 10.6 Å². The minimum atomic E-state index is 0.144. The number of amides is 1. The SMILES string of the molecule is Cc1cccc2c1N(C(=O)CCN)CC2. The Morgan fingerprint density at radius 1 is 1.53 bits per heavy atom. The summed E-state index contributed by atoms with van der Waals surface area (Å²) in [6.45, 7) is 3.28. The van der Waals surface area contributed by atoms with Crippen molar-refractivity contribution in [1.82, 2.24) is 0 Å². The summed E-state index contributed by atoms with van der Waals surface area (Å²) in [5.41, 5.74) is 8.97. The van der Waals surface area contributed by atoms with Crippen molar-refractivity contribution in [2.45, 2.75) is 19.8 Å². The Balaban J connectivity index is 2.31. The normalized spacial score (nSPS) is 14.1. The second kappa shape index (κ2) is 4.03. The largest absolute Gasteiger partial charge is 0.330 e. The summed E-state index contributed by atoms with van der Waals surface area (Å²) in [6, 6.07) is 6.19. The van der Waals surface area contributed by atoms with Crippen LogP contribution >= 0.6 is 0 Å². The van der Waals surface area contributed by atoms with Gasteiger partial charge in [-0.1, -0.05) is 18.2 Å². The van der Waals surface area contributed by atoms with E-state index in [0.29, 0.717) is 13.0 Å². The van der Waals surface area contributed by atoms with E-state index in [1.54, 1.807) is 0 Å². The summed E-state index contributed by atoms with van der Waals surface area (Å²) >= 11 is 0. The van der Waals surface area contributed by atoms with Crippen molar-refractivity contribution in [3.05, 3.63) is 29.3 Å². The van der Waals surface area contributed by atoms with Crippen molar-refractivity contribution in [2.24, 2.45) is 5.73 Å². The van der Waals surface area contributed by atoms with Crippen LogP contribution in [0.2, 0.25) is 0 Å². The Kier molecular flexibility index (Phi) is 2.73. The van der Waals surface area contributed by atoms with E-state index in [1.807, 2.05) is 24.0 Å². The number of nitrogens with zero attached hydrogens (tertiary/aromatic N) is 1. The highest BCUT2D eigenvalue weighted by Crippen LogP contribution is 2.31. The molecule has 0 unspecified atom stereocenters. The minimum Gasteiger partial charge on any atom is -0.330 e. The smallest absolute Gasteiger partial charge is 0.228 e. The second-order valence-electron chi connectivity index (χ2n) is 3.92. The molecule has 0 bridgehead atoms. The lowest BCUT2D eigenvalue weighted by atomic mass is 10.1. The molecule has 2 N–H and O–H groups in total. The predicted octanol–water partition coefficient (Wildman–Crippen LogP) is 1.23. The Morgan fingerprint density at radius 3 is 3.07 bits per heavy atom. The van der Waals surface area contributed by atoms with Gasteiger partial charge in [0.05, 0.1) is 0 Å². The zero-order chi connectivity index (χ0) is 10.8. The van der Waals surface area contributed by atoms with Crippen LogP contribution in [0.5, 0.6) is 0 Å². The standard InChI is InChI=1S/C12H16N2O/c1-9-3-2-4-10-6-8-14(12(9)10)11(15)5-7-13/h2-4H,5-8,13H2,1H3. The van der Waals surface area contributed by atoms with Gasteiger partial charge in [-0.05, 0) is 24.5 Å². The molecule has 1 aliphatic rings. The average molecular weight is 204 g/mol. The van der Waals surface area contributed by atoms with E-state index in [4.69, 9.17) is 5.73 Å². The van der Waals surface area contributed by atoms with Gasteiger partial charge in [0, 0.05) is 25.2 Å². The summed E-state index contributed by atoms with van der Waals surface area (Å²) < 4.78 is 0. The number of benzene rings is 1. The van der Waals surface area contributed by atoms with Gasteiger partial charge in [0.25, 0.3) is 0 Å². The van der Waals surface area contributed by atoms with Crippen molar-refractivity contribution in [2.75, 3.05) is 18.0 Å². The highest BCUT2D eigenvalue weighted by atomic mass is 16.2. The highest BCUT2D eigenvalue weighted by molar-refractivity contribution is 5.96. The first-order valence-corrected chi connectivity index (χ1v) is 5.33. The van der Waals surface area contributed by atoms with Crippen LogP contribution in [-0.4, -0.2) is 19.0 Å². The third-order valence-corrected chi connectivity index (χ3v) is 2.86. The van der Waals surface area contributed by atoms with Gasteiger partial charge in [0.15, 0.2) is 0 Å². The molecule has 3 heteroatoms. The minimum absolute atomic E-state index is 0.144. The van der Waals surface area contributed by atoms with Gasteiger partial charge in [-0.15, -0.1) is 0 Å². The van der Waals surface area contributed by atoms with E-state index in [2.05, 4.69) is 6.07 Å². The number of fused-ring (bicyclic) bond motifs is 1. The van der Waals surface area contributed by atoms with E-state index in [9.17, 15) is 4.79 Å². The lowest BCUT2D eigenvalue weighted by molar-refractivity contribution is -0.118. The molecule has 0 aromatic heterocycles. The highest BCUT2D eigenvalue weighted by Gasteiger charge is 2.24. The van der Waals surface area contributed by atoms with Gasteiger partial charge in [-0.25, -0.2) is 0 Å². The molecule has 1 aromatic rings.